The Bertz CT molecular complexity index is 473. The number of fused-ring (bicyclic) bond motifs is 1. The van der Waals surface area contributed by atoms with Crippen molar-refractivity contribution in [1.29, 1.82) is 0 Å². The average Bonchev–Trinajstić information content (AvgIpc) is 2.43. The number of benzene rings is 1. The minimum absolute atomic E-state index is 0.206. The van der Waals surface area contributed by atoms with Gasteiger partial charge in [-0.3, -0.25) is 4.79 Å². The number of ether oxygens (including phenoxy) is 3. The van der Waals surface area contributed by atoms with Gasteiger partial charge in [-0.05, 0) is 18.6 Å². The summed E-state index contributed by atoms with van der Waals surface area (Å²) >= 11 is 0. The second-order valence-electron chi connectivity index (χ2n) is 4.53. The summed E-state index contributed by atoms with van der Waals surface area (Å²) in [5.41, 5.74) is 2.13. The fraction of sp³-hybridized carbons (Fsp3) is 0.500. The van der Waals surface area contributed by atoms with E-state index in [9.17, 15) is 4.79 Å². The monoisotopic (exact) mass is 265 g/mol. The summed E-state index contributed by atoms with van der Waals surface area (Å²) in [5, 5.41) is 0. The standard InChI is InChI=1S/C14H19NO4/c1-10-8-12-13(19-7-6-18-12)9-11(10)15(2)5-4-14(16)17-3/h8-9H,4-7H2,1-3H3. The molecule has 1 aliphatic rings. The van der Waals surface area contributed by atoms with E-state index in [0.29, 0.717) is 26.2 Å². The first-order chi connectivity index (χ1) is 9.11. The molecule has 0 bridgehead atoms. The Balaban J connectivity index is 2.12. The van der Waals surface area contributed by atoms with Gasteiger partial charge in [0.15, 0.2) is 11.5 Å². The quantitative estimate of drug-likeness (QED) is 0.776. The minimum Gasteiger partial charge on any atom is -0.486 e. The Kier molecular flexibility index (Phi) is 4.14. The molecule has 0 saturated heterocycles. The van der Waals surface area contributed by atoms with Gasteiger partial charge in [0.2, 0.25) is 0 Å². The van der Waals surface area contributed by atoms with Crippen LogP contribution in [0.1, 0.15) is 12.0 Å². The lowest BCUT2D eigenvalue weighted by molar-refractivity contribution is -0.140. The molecule has 5 nitrogen and oxygen atoms in total. The molecule has 1 heterocycles. The van der Waals surface area contributed by atoms with Gasteiger partial charge in [-0.15, -0.1) is 0 Å². The van der Waals surface area contributed by atoms with E-state index in [-0.39, 0.29) is 5.97 Å². The van der Waals surface area contributed by atoms with Crippen molar-refractivity contribution in [2.24, 2.45) is 0 Å². The third-order valence-corrected chi connectivity index (χ3v) is 3.15. The van der Waals surface area contributed by atoms with Crippen molar-refractivity contribution in [2.45, 2.75) is 13.3 Å². The van der Waals surface area contributed by atoms with Crippen LogP contribution >= 0.6 is 0 Å². The number of nitrogens with zero attached hydrogens (tertiary/aromatic N) is 1. The molecule has 0 radical (unpaired) electrons. The zero-order valence-electron chi connectivity index (χ0n) is 11.6. The third-order valence-electron chi connectivity index (χ3n) is 3.15. The predicted octanol–water partition coefficient (Wildman–Crippen LogP) is 1.77. The number of rotatable bonds is 4. The maximum atomic E-state index is 11.2. The topological polar surface area (TPSA) is 48.0 Å². The summed E-state index contributed by atoms with van der Waals surface area (Å²) in [4.78, 5) is 13.2. The smallest absolute Gasteiger partial charge is 0.307 e. The first-order valence-electron chi connectivity index (χ1n) is 6.30. The Morgan fingerprint density at radius 1 is 1.32 bits per heavy atom. The van der Waals surface area contributed by atoms with Gasteiger partial charge in [-0.2, -0.15) is 0 Å². The van der Waals surface area contributed by atoms with Gasteiger partial charge in [0.1, 0.15) is 13.2 Å². The molecular formula is C14H19NO4. The van der Waals surface area contributed by atoms with E-state index < -0.39 is 0 Å². The van der Waals surface area contributed by atoms with Crippen molar-refractivity contribution < 1.29 is 19.0 Å². The van der Waals surface area contributed by atoms with Crippen molar-refractivity contribution >= 4 is 11.7 Å². The molecule has 19 heavy (non-hydrogen) atoms. The third kappa shape index (κ3) is 3.10. The number of hydrogen-bond acceptors (Lipinski definition) is 5. The Labute approximate surface area is 113 Å². The molecule has 1 aliphatic heterocycles. The molecule has 0 aliphatic carbocycles. The second-order valence-corrected chi connectivity index (χ2v) is 4.53. The molecule has 0 spiro atoms. The van der Waals surface area contributed by atoms with Crippen LogP contribution in [0.2, 0.25) is 0 Å². The Morgan fingerprint density at radius 3 is 2.58 bits per heavy atom. The molecule has 0 N–H and O–H groups in total. The van der Waals surface area contributed by atoms with Crippen molar-refractivity contribution in [2.75, 3.05) is 38.8 Å². The first-order valence-corrected chi connectivity index (χ1v) is 6.30. The molecule has 0 fully saturated rings. The van der Waals surface area contributed by atoms with Gasteiger partial charge in [0.25, 0.3) is 0 Å². The zero-order valence-corrected chi connectivity index (χ0v) is 11.6. The number of carbonyl (C=O) groups excluding carboxylic acids is 1. The summed E-state index contributed by atoms with van der Waals surface area (Å²) in [6.45, 7) is 3.78. The zero-order chi connectivity index (χ0) is 13.8. The van der Waals surface area contributed by atoms with E-state index >= 15 is 0 Å². The highest BCUT2D eigenvalue weighted by Gasteiger charge is 2.16. The van der Waals surface area contributed by atoms with Gasteiger partial charge in [0.05, 0.1) is 13.5 Å². The summed E-state index contributed by atoms with van der Waals surface area (Å²) in [5.74, 6) is 1.34. The van der Waals surface area contributed by atoms with E-state index in [0.717, 1.165) is 22.7 Å². The van der Waals surface area contributed by atoms with Crippen molar-refractivity contribution in [3.05, 3.63) is 17.7 Å². The van der Waals surface area contributed by atoms with Crippen LogP contribution in [0.5, 0.6) is 11.5 Å². The lowest BCUT2D eigenvalue weighted by Gasteiger charge is -2.25. The maximum Gasteiger partial charge on any atom is 0.307 e. The van der Waals surface area contributed by atoms with Crippen LogP contribution < -0.4 is 14.4 Å². The first kappa shape index (κ1) is 13.5. The van der Waals surface area contributed by atoms with Crippen LogP contribution in [0.15, 0.2) is 12.1 Å². The summed E-state index contributed by atoms with van der Waals surface area (Å²) < 4.78 is 15.8. The summed E-state index contributed by atoms with van der Waals surface area (Å²) in [6.07, 6.45) is 0.362. The number of methoxy groups -OCH3 is 1. The number of esters is 1. The van der Waals surface area contributed by atoms with E-state index in [4.69, 9.17) is 9.47 Å². The minimum atomic E-state index is -0.206. The predicted molar refractivity (Wildman–Crippen MR) is 72.1 cm³/mol. The number of carbonyl (C=O) groups is 1. The number of anilines is 1. The molecule has 0 unspecified atom stereocenters. The van der Waals surface area contributed by atoms with E-state index in [2.05, 4.69) is 4.74 Å². The largest absolute Gasteiger partial charge is 0.486 e. The summed E-state index contributed by atoms with van der Waals surface area (Å²) in [7, 11) is 3.35. The highest BCUT2D eigenvalue weighted by Crippen LogP contribution is 2.36. The average molecular weight is 265 g/mol. The van der Waals surface area contributed by atoms with Crippen LogP contribution in [0, 0.1) is 6.92 Å². The lowest BCUT2D eigenvalue weighted by Crippen LogP contribution is -2.23. The van der Waals surface area contributed by atoms with Gasteiger partial charge >= 0.3 is 5.97 Å². The number of hydrogen-bond donors (Lipinski definition) is 0. The maximum absolute atomic E-state index is 11.2. The van der Waals surface area contributed by atoms with Crippen LogP contribution in [0.4, 0.5) is 5.69 Å². The van der Waals surface area contributed by atoms with Crippen LogP contribution in [0.3, 0.4) is 0 Å². The molecule has 0 amide bonds. The molecule has 5 heteroatoms. The van der Waals surface area contributed by atoms with E-state index in [1.807, 2.05) is 31.0 Å². The Morgan fingerprint density at radius 2 is 1.95 bits per heavy atom. The van der Waals surface area contributed by atoms with Crippen molar-refractivity contribution in [1.82, 2.24) is 0 Å². The van der Waals surface area contributed by atoms with Gasteiger partial charge in [-0.1, -0.05) is 0 Å². The van der Waals surface area contributed by atoms with Gasteiger partial charge in [-0.25, -0.2) is 0 Å². The second kappa shape index (κ2) is 5.82. The van der Waals surface area contributed by atoms with Gasteiger partial charge < -0.3 is 19.1 Å². The summed E-state index contributed by atoms with van der Waals surface area (Å²) in [6, 6.07) is 3.93. The van der Waals surface area contributed by atoms with Crippen molar-refractivity contribution in [3.63, 3.8) is 0 Å². The highest BCUT2D eigenvalue weighted by atomic mass is 16.6. The lowest BCUT2D eigenvalue weighted by atomic mass is 10.1. The van der Waals surface area contributed by atoms with E-state index in [1.165, 1.54) is 7.11 Å². The van der Waals surface area contributed by atoms with Crippen molar-refractivity contribution in [3.8, 4) is 11.5 Å². The Hall–Kier alpha value is -1.91. The van der Waals surface area contributed by atoms with E-state index in [1.54, 1.807) is 0 Å². The van der Waals surface area contributed by atoms with Crippen LogP contribution in [-0.4, -0.2) is 39.9 Å². The molecule has 0 aromatic heterocycles. The molecule has 0 saturated carbocycles. The molecular weight excluding hydrogens is 246 g/mol. The molecule has 1 aromatic carbocycles. The fourth-order valence-electron chi connectivity index (χ4n) is 2.07. The van der Waals surface area contributed by atoms with Gasteiger partial charge in [0, 0.05) is 25.3 Å². The number of aryl methyl sites for hydroxylation is 1. The molecule has 0 atom stereocenters. The van der Waals surface area contributed by atoms with Crippen LogP contribution in [0.25, 0.3) is 0 Å². The molecule has 2 rings (SSSR count). The van der Waals surface area contributed by atoms with Crippen LogP contribution in [-0.2, 0) is 9.53 Å². The SMILES string of the molecule is COC(=O)CCN(C)c1cc2c(cc1C)OCCO2. The molecule has 1 aromatic rings. The molecule has 104 valence electrons. The normalized spacial score (nSPS) is 13.0. The fourth-order valence-corrected chi connectivity index (χ4v) is 2.07. The highest BCUT2D eigenvalue weighted by molar-refractivity contribution is 5.70.